The van der Waals surface area contributed by atoms with Crippen molar-refractivity contribution in [3.8, 4) is 11.5 Å². The largest absolute Gasteiger partial charge is 0.492 e. The van der Waals surface area contributed by atoms with Gasteiger partial charge in [0.1, 0.15) is 30.3 Å². The smallest absolute Gasteiger partial charge is 0.120 e. The molecule has 2 aliphatic heterocycles. The van der Waals surface area contributed by atoms with Crippen molar-refractivity contribution in [1.29, 1.82) is 0 Å². The number of benzene rings is 2. The maximum atomic E-state index is 11.2. The topological polar surface area (TPSA) is 54.4 Å². The average molecular weight is 489 g/mol. The van der Waals surface area contributed by atoms with Crippen LogP contribution in [0.3, 0.4) is 0 Å². The highest BCUT2D eigenvalue weighted by Gasteiger charge is 2.34. The van der Waals surface area contributed by atoms with Gasteiger partial charge in [-0.3, -0.25) is 9.80 Å². The van der Waals surface area contributed by atoms with Crippen LogP contribution in [0.4, 0.5) is 0 Å². The molecule has 0 aromatic heterocycles. The Kier molecular flexibility index (Phi) is 8.72. The number of β-amino-alcohol motifs (C(OH)–C–C–N with tert-alkyl or cyclic N) is 1. The fraction of sp³-hybridized carbons (Fsp3) is 0.556. The van der Waals surface area contributed by atoms with E-state index in [0.29, 0.717) is 13.2 Å². The summed E-state index contributed by atoms with van der Waals surface area (Å²) in [5, 5.41) is 12.0. The fourth-order valence-corrected chi connectivity index (χ4v) is 4.84. The number of likely N-dealkylation sites (tertiary alicyclic amines) is 1. The van der Waals surface area contributed by atoms with Crippen LogP contribution in [0.5, 0.6) is 11.5 Å². The number of aliphatic hydroxyl groups is 1. The van der Waals surface area contributed by atoms with Gasteiger partial charge in [-0.1, -0.05) is 23.7 Å². The summed E-state index contributed by atoms with van der Waals surface area (Å²) in [4.78, 5) is 4.67. The Hall–Kier alpha value is -1.83. The molecule has 0 spiro atoms. The van der Waals surface area contributed by atoms with Gasteiger partial charge in [0.2, 0.25) is 0 Å². The number of halogens is 1. The van der Waals surface area contributed by atoms with E-state index in [1.165, 1.54) is 5.56 Å². The number of ether oxygens (including phenoxy) is 3. The summed E-state index contributed by atoms with van der Waals surface area (Å²) in [6.07, 6.45) is 1.69. The van der Waals surface area contributed by atoms with E-state index in [-0.39, 0.29) is 6.61 Å². The molecule has 0 radical (unpaired) electrons. The number of hydrogen-bond donors (Lipinski definition) is 1. The quantitative estimate of drug-likeness (QED) is 0.574. The van der Waals surface area contributed by atoms with Gasteiger partial charge in [0.25, 0.3) is 0 Å². The Bertz CT molecular complexity index is 910. The first-order valence-electron chi connectivity index (χ1n) is 12.3. The molecule has 6 nitrogen and oxygen atoms in total. The summed E-state index contributed by atoms with van der Waals surface area (Å²) >= 11 is 6.26. The van der Waals surface area contributed by atoms with Crippen LogP contribution in [0.1, 0.15) is 29.5 Å². The minimum Gasteiger partial charge on any atom is -0.492 e. The Labute approximate surface area is 208 Å². The highest BCUT2D eigenvalue weighted by atomic mass is 35.5. The predicted octanol–water partition coefficient (Wildman–Crippen LogP) is 4.07. The zero-order chi connectivity index (χ0) is 24.0. The Morgan fingerprint density at radius 2 is 1.68 bits per heavy atom. The molecule has 2 aromatic rings. The van der Waals surface area contributed by atoms with E-state index in [1.54, 1.807) is 0 Å². The molecule has 2 fully saturated rings. The number of rotatable bonds is 9. The predicted molar refractivity (Wildman–Crippen MR) is 135 cm³/mol. The van der Waals surface area contributed by atoms with Crippen LogP contribution in [0.25, 0.3) is 0 Å². The number of aryl methyl sites for hydroxylation is 2. The van der Waals surface area contributed by atoms with E-state index in [4.69, 9.17) is 25.8 Å². The van der Waals surface area contributed by atoms with E-state index < -0.39 is 5.60 Å². The molecule has 2 heterocycles. The number of morpholine rings is 1. The second-order valence-electron chi connectivity index (χ2n) is 9.64. The second-order valence-corrected chi connectivity index (χ2v) is 10.0. The summed E-state index contributed by atoms with van der Waals surface area (Å²) in [5.74, 6) is 1.66. The van der Waals surface area contributed by atoms with Crippen LogP contribution in [-0.4, -0.2) is 79.7 Å². The van der Waals surface area contributed by atoms with E-state index in [9.17, 15) is 5.11 Å². The third-order valence-corrected chi connectivity index (χ3v) is 7.26. The van der Waals surface area contributed by atoms with Crippen molar-refractivity contribution in [2.24, 2.45) is 0 Å². The summed E-state index contributed by atoms with van der Waals surface area (Å²) < 4.78 is 17.3. The van der Waals surface area contributed by atoms with Crippen molar-refractivity contribution in [3.63, 3.8) is 0 Å². The fourth-order valence-electron chi connectivity index (χ4n) is 4.73. The van der Waals surface area contributed by atoms with Crippen molar-refractivity contribution in [3.05, 3.63) is 58.1 Å². The maximum absolute atomic E-state index is 11.2. The summed E-state index contributed by atoms with van der Waals surface area (Å²) in [7, 11) is 0. The van der Waals surface area contributed by atoms with Crippen LogP contribution in [0, 0.1) is 13.8 Å². The van der Waals surface area contributed by atoms with E-state index >= 15 is 0 Å². The molecule has 0 bridgehead atoms. The zero-order valence-corrected chi connectivity index (χ0v) is 21.1. The summed E-state index contributed by atoms with van der Waals surface area (Å²) in [6.45, 7) is 11.8. The molecule has 4 rings (SSSR count). The van der Waals surface area contributed by atoms with Gasteiger partial charge < -0.3 is 19.3 Å². The highest BCUT2D eigenvalue weighted by Crippen LogP contribution is 2.28. The zero-order valence-electron chi connectivity index (χ0n) is 20.4. The van der Waals surface area contributed by atoms with Crippen LogP contribution < -0.4 is 9.47 Å². The molecule has 2 aromatic carbocycles. The standard InChI is InChI=1S/C27H37ClN2O4/c1-21-16-25(17-22(2)26(21)28)34-20-27(31)8-3-9-30(19-27)18-23-4-6-24(7-5-23)33-15-12-29-10-13-32-14-11-29/h4-7,16-17,31H,3,8-15,18-20H2,1-2H3/t27-/m0/s1. The number of piperidine rings is 1. The second kappa shape index (κ2) is 11.7. The Morgan fingerprint density at radius 1 is 0.971 bits per heavy atom. The van der Waals surface area contributed by atoms with Crippen molar-refractivity contribution < 1.29 is 19.3 Å². The van der Waals surface area contributed by atoms with E-state index in [2.05, 4.69) is 21.9 Å². The lowest BCUT2D eigenvalue weighted by Gasteiger charge is -2.39. The molecule has 7 heteroatoms. The summed E-state index contributed by atoms with van der Waals surface area (Å²) in [5.41, 5.74) is 2.34. The average Bonchev–Trinajstić information content (AvgIpc) is 2.83. The van der Waals surface area contributed by atoms with Gasteiger partial charge >= 0.3 is 0 Å². The molecule has 0 aliphatic carbocycles. The first kappa shape index (κ1) is 25.3. The third kappa shape index (κ3) is 7.09. The molecule has 0 amide bonds. The van der Waals surface area contributed by atoms with Crippen LogP contribution in [0.15, 0.2) is 36.4 Å². The Balaban J connectivity index is 1.24. The SMILES string of the molecule is Cc1cc(OC[C@]2(O)CCCN(Cc3ccc(OCCN4CCOCC4)cc3)C2)cc(C)c1Cl. The molecule has 0 unspecified atom stereocenters. The van der Waals surface area contributed by atoms with Crippen LogP contribution >= 0.6 is 11.6 Å². The molecule has 1 N–H and O–H groups in total. The van der Waals surface area contributed by atoms with Crippen molar-refractivity contribution >= 4 is 11.6 Å². The molecule has 2 aliphatic rings. The van der Waals surface area contributed by atoms with Crippen LogP contribution in [-0.2, 0) is 11.3 Å². The normalized spacial score (nSPS) is 22.0. The minimum atomic E-state index is -0.859. The van der Waals surface area contributed by atoms with Gasteiger partial charge in [0.05, 0.1) is 13.2 Å². The van der Waals surface area contributed by atoms with Crippen molar-refractivity contribution in [2.75, 3.05) is 59.2 Å². The summed E-state index contributed by atoms with van der Waals surface area (Å²) in [6, 6.07) is 12.2. The molecule has 186 valence electrons. The number of hydrogen-bond acceptors (Lipinski definition) is 6. The molecule has 0 saturated carbocycles. The van der Waals surface area contributed by atoms with Gasteiger partial charge in [0, 0.05) is 37.7 Å². The van der Waals surface area contributed by atoms with E-state index in [0.717, 1.165) is 86.4 Å². The third-order valence-electron chi connectivity index (χ3n) is 6.66. The van der Waals surface area contributed by atoms with Crippen LogP contribution in [0.2, 0.25) is 5.02 Å². The first-order valence-corrected chi connectivity index (χ1v) is 12.6. The van der Waals surface area contributed by atoms with Crippen molar-refractivity contribution in [1.82, 2.24) is 9.80 Å². The molecule has 34 heavy (non-hydrogen) atoms. The molecule has 2 saturated heterocycles. The Morgan fingerprint density at radius 3 is 2.38 bits per heavy atom. The minimum absolute atomic E-state index is 0.278. The number of nitrogens with zero attached hydrogens (tertiary/aromatic N) is 2. The lowest BCUT2D eigenvalue weighted by Crippen LogP contribution is -2.51. The van der Waals surface area contributed by atoms with Crippen molar-refractivity contribution in [2.45, 2.75) is 38.8 Å². The highest BCUT2D eigenvalue weighted by molar-refractivity contribution is 6.32. The maximum Gasteiger partial charge on any atom is 0.120 e. The van der Waals surface area contributed by atoms with Gasteiger partial charge in [-0.15, -0.1) is 0 Å². The monoisotopic (exact) mass is 488 g/mol. The van der Waals surface area contributed by atoms with Gasteiger partial charge in [-0.05, 0) is 74.2 Å². The van der Waals surface area contributed by atoms with Gasteiger partial charge in [-0.2, -0.15) is 0 Å². The molecule has 1 atom stereocenters. The first-order chi connectivity index (χ1) is 16.4. The van der Waals surface area contributed by atoms with Gasteiger partial charge in [-0.25, -0.2) is 0 Å². The van der Waals surface area contributed by atoms with Gasteiger partial charge in [0.15, 0.2) is 0 Å². The van der Waals surface area contributed by atoms with E-state index in [1.807, 2.05) is 38.1 Å². The molecular formula is C27H37ClN2O4. The lowest BCUT2D eigenvalue weighted by atomic mass is 9.93. The molecular weight excluding hydrogens is 452 g/mol. The lowest BCUT2D eigenvalue weighted by molar-refractivity contribution is -0.0621.